The number of carbonyl (C=O) groups is 2. The van der Waals surface area contributed by atoms with Gasteiger partial charge in [-0.3, -0.25) is 4.55 Å². The van der Waals surface area contributed by atoms with Crippen LogP contribution in [0.15, 0.2) is 23.1 Å². The zero-order valence-electron chi connectivity index (χ0n) is 9.61. The van der Waals surface area contributed by atoms with Crippen molar-refractivity contribution in [2.75, 3.05) is 0 Å². The largest absolute Gasteiger partial charge is 1.00 e. The molecule has 0 heterocycles. The van der Waals surface area contributed by atoms with Crippen molar-refractivity contribution >= 4 is 22.1 Å². The molecule has 17 heavy (non-hydrogen) atoms. The number of hydrogen-bond donors (Lipinski definition) is 3. The molecule has 3 N–H and O–H groups in total. The van der Waals surface area contributed by atoms with E-state index in [0.29, 0.717) is 0 Å². The van der Waals surface area contributed by atoms with Crippen LogP contribution in [-0.4, -0.2) is 35.1 Å². The number of benzene rings is 1. The number of rotatable bonds is 3. The molecule has 0 spiro atoms. The van der Waals surface area contributed by atoms with Crippen LogP contribution >= 0.6 is 0 Å². The van der Waals surface area contributed by atoms with Crippen molar-refractivity contribution < 1.29 is 63.8 Å². The van der Waals surface area contributed by atoms with E-state index in [9.17, 15) is 18.0 Å². The molecule has 1 aromatic rings. The number of hydrogen-bond acceptors (Lipinski definition) is 4. The van der Waals surface area contributed by atoms with E-state index in [1.165, 1.54) is 0 Å². The summed E-state index contributed by atoms with van der Waals surface area (Å²) in [5.74, 6) is -3.29. The Labute approximate surface area is 120 Å². The fraction of sp³-hybridized carbons (Fsp3) is 0. The maximum atomic E-state index is 10.9. The zero-order valence-corrected chi connectivity index (χ0v) is 11.4. The molecular weight excluding hydrogens is 263 g/mol. The Morgan fingerprint density at radius 2 is 1.41 bits per heavy atom. The van der Waals surface area contributed by atoms with Gasteiger partial charge in [-0.1, -0.05) is 6.07 Å². The van der Waals surface area contributed by atoms with Crippen LogP contribution in [0, 0.1) is 0 Å². The molecule has 0 aliphatic carbocycles. The fourth-order valence-electron chi connectivity index (χ4n) is 1.15. The molecule has 1 aromatic carbocycles. The normalized spacial score (nSPS) is 10.4. The van der Waals surface area contributed by atoms with Crippen molar-refractivity contribution in [3.05, 3.63) is 29.3 Å². The van der Waals surface area contributed by atoms with Gasteiger partial charge in [-0.05, 0) is 12.1 Å². The van der Waals surface area contributed by atoms with Crippen LogP contribution in [0.25, 0.3) is 0 Å². The fourth-order valence-corrected chi connectivity index (χ4v) is 2.02. The average molecular weight is 270 g/mol. The topological polar surface area (TPSA) is 129 Å². The third kappa shape index (κ3) is 3.51. The SMILES string of the molecule is O=C(O)c1cccc(C(=O)O)c1S(=O)(=O)O.[H-].[Na+]. The van der Waals surface area contributed by atoms with Crippen molar-refractivity contribution in [3.63, 3.8) is 0 Å². The Bertz CT molecular complexity index is 537. The van der Waals surface area contributed by atoms with Crippen molar-refractivity contribution in [2.24, 2.45) is 0 Å². The first kappa shape index (κ1) is 16.1. The summed E-state index contributed by atoms with van der Waals surface area (Å²) >= 11 is 0. The van der Waals surface area contributed by atoms with Crippen LogP contribution in [0.2, 0.25) is 0 Å². The van der Waals surface area contributed by atoms with Crippen LogP contribution in [0.5, 0.6) is 0 Å². The molecule has 0 aliphatic rings. The summed E-state index contributed by atoms with van der Waals surface area (Å²) in [6.07, 6.45) is 0. The molecule has 0 fully saturated rings. The number of aromatic carboxylic acids is 2. The summed E-state index contributed by atoms with van der Waals surface area (Å²) in [5, 5.41) is 17.3. The molecule has 0 saturated heterocycles. The van der Waals surface area contributed by atoms with Crippen molar-refractivity contribution in [2.45, 2.75) is 4.90 Å². The molecular formula is C8H7NaO7S. The van der Waals surface area contributed by atoms with Gasteiger partial charge in [0.05, 0.1) is 11.1 Å². The second-order valence-electron chi connectivity index (χ2n) is 2.77. The average Bonchev–Trinajstić information content (AvgIpc) is 2.15. The van der Waals surface area contributed by atoms with Gasteiger partial charge in [0, 0.05) is 0 Å². The molecule has 0 bridgehead atoms. The van der Waals surface area contributed by atoms with Gasteiger partial charge in [-0.25, -0.2) is 9.59 Å². The second kappa shape index (κ2) is 5.61. The first-order chi connectivity index (χ1) is 7.25. The Morgan fingerprint density at radius 3 is 1.65 bits per heavy atom. The first-order valence-corrected chi connectivity index (χ1v) is 5.26. The van der Waals surface area contributed by atoms with Crippen LogP contribution in [0.4, 0.5) is 0 Å². The number of carboxylic acid groups (broad SMARTS) is 2. The Hall–Kier alpha value is -0.930. The summed E-state index contributed by atoms with van der Waals surface area (Å²) < 4.78 is 30.6. The van der Waals surface area contributed by atoms with Crippen LogP contribution in [0.3, 0.4) is 0 Å². The summed E-state index contributed by atoms with van der Waals surface area (Å²) in [6.45, 7) is 0. The van der Waals surface area contributed by atoms with E-state index >= 15 is 0 Å². The van der Waals surface area contributed by atoms with E-state index in [4.69, 9.17) is 14.8 Å². The van der Waals surface area contributed by atoms with Gasteiger partial charge in [0.2, 0.25) is 0 Å². The predicted octanol–water partition coefficient (Wildman–Crippen LogP) is -2.55. The summed E-state index contributed by atoms with van der Waals surface area (Å²) in [6, 6.07) is 2.84. The second-order valence-corrected chi connectivity index (χ2v) is 4.13. The third-order valence-corrected chi connectivity index (χ3v) is 2.69. The van der Waals surface area contributed by atoms with Gasteiger partial charge in [0.25, 0.3) is 10.1 Å². The Kier molecular flexibility index (Phi) is 5.30. The van der Waals surface area contributed by atoms with Crippen LogP contribution < -0.4 is 29.6 Å². The van der Waals surface area contributed by atoms with E-state index in [2.05, 4.69) is 0 Å². The molecule has 0 aliphatic heterocycles. The molecule has 0 unspecified atom stereocenters. The minimum absolute atomic E-state index is 0. The van der Waals surface area contributed by atoms with Gasteiger partial charge < -0.3 is 11.6 Å². The third-order valence-electron chi connectivity index (χ3n) is 1.73. The van der Waals surface area contributed by atoms with Gasteiger partial charge >= 0.3 is 41.5 Å². The van der Waals surface area contributed by atoms with E-state index in [-0.39, 0.29) is 31.0 Å². The van der Waals surface area contributed by atoms with Gasteiger partial charge in [-0.15, -0.1) is 0 Å². The number of carboxylic acids is 2. The minimum atomic E-state index is -4.92. The maximum absolute atomic E-state index is 10.9. The molecule has 0 radical (unpaired) electrons. The van der Waals surface area contributed by atoms with E-state index in [1.54, 1.807) is 0 Å². The van der Waals surface area contributed by atoms with Crippen molar-refractivity contribution in [1.82, 2.24) is 0 Å². The molecule has 0 aromatic heterocycles. The standard InChI is InChI=1S/C8H6O7S.Na.H/c9-7(10)4-2-1-3-5(8(11)12)6(4)16(13,14)15;;/h1-3H,(H,9,10)(H,11,12)(H,13,14,15);;/q;+1;-1. The zero-order chi connectivity index (χ0) is 12.5. The monoisotopic (exact) mass is 270 g/mol. The molecule has 0 amide bonds. The van der Waals surface area contributed by atoms with E-state index in [1.807, 2.05) is 0 Å². The van der Waals surface area contributed by atoms with Crippen molar-refractivity contribution in [1.29, 1.82) is 0 Å². The molecule has 7 nitrogen and oxygen atoms in total. The van der Waals surface area contributed by atoms with E-state index < -0.39 is 38.1 Å². The van der Waals surface area contributed by atoms with E-state index in [0.717, 1.165) is 18.2 Å². The molecule has 9 heteroatoms. The van der Waals surface area contributed by atoms with Gasteiger partial charge in [0.15, 0.2) is 0 Å². The summed E-state index contributed by atoms with van der Waals surface area (Å²) in [5.41, 5.74) is -1.58. The van der Waals surface area contributed by atoms with Gasteiger partial charge in [-0.2, -0.15) is 8.42 Å². The smallest absolute Gasteiger partial charge is 1.00 e. The Morgan fingerprint density at radius 1 is 1.06 bits per heavy atom. The van der Waals surface area contributed by atoms with Crippen LogP contribution in [0.1, 0.15) is 22.1 Å². The van der Waals surface area contributed by atoms with Crippen LogP contribution in [-0.2, 0) is 10.1 Å². The molecule has 88 valence electrons. The molecule has 1 rings (SSSR count). The Balaban J connectivity index is 0. The van der Waals surface area contributed by atoms with Gasteiger partial charge in [0.1, 0.15) is 4.90 Å². The minimum Gasteiger partial charge on any atom is -1.00 e. The first-order valence-electron chi connectivity index (χ1n) is 3.82. The van der Waals surface area contributed by atoms with Crippen molar-refractivity contribution in [3.8, 4) is 0 Å². The summed E-state index contributed by atoms with van der Waals surface area (Å²) in [7, 11) is -4.92. The molecule has 0 saturated carbocycles. The molecule has 0 atom stereocenters. The predicted molar refractivity (Wildman–Crippen MR) is 51.3 cm³/mol. The quantitative estimate of drug-likeness (QED) is 0.407. The maximum Gasteiger partial charge on any atom is 1.00 e. The summed E-state index contributed by atoms with van der Waals surface area (Å²) in [4.78, 5) is 20.2.